The zero-order valence-corrected chi connectivity index (χ0v) is 9.84. The summed E-state index contributed by atoms with van der Waals surface area (Å²) in [6, 6.07) is 15.2. The fraction of sp³-hybridized carbons (Fsp3) is 0.333. The van der Waals surface area contributed by atoms with Crippen LogP contribution in [0.25, 0.3) is 10.8 Å². The van der Waals surface area contributed by atoms with Crippen LogP contribution in [0.3, 0.4) is 0 Å². The van der Waals surface area contributed by atoms with Gasteiger partial charge in [-0.1, -0.05) is 36.4 Å². The van der Waals surface area contributed by atoms with Crippen LogP contribution in [0.1, 0.15) is 12.8 Å². The Bertz CT molecular complexity index is 518. The van der Waals surface area contributed by atoms with E-state index in [0.717, 1.165) is 13.0 Å². The molecule has 1 aliphatic rings. The number of rotatable bonds is 2. The number of benzene rings is 2. The standard InChI is InChI=1S/C15H17NO/c17-11-13-7-4-10-16(13)15-9-3-6-12-5-1-2-8-14(12)15/h1-3,5-6,8-9,13,17H,4,7,10-11H2/t13-/m0/s1. The third-order valence-corrected chi connectivity index (χ3v) is 3.66. The number of fused-ring (bicyclic) bond motifs is 1. The second-order valence-corrected chi connectivity index (χ2v) is 4.67. The molecule has 1 fully saturated rings. The molecular formula is C15H17NO. The molecular weight excluding hydrogens is 210 g/mol. The minimum absolute atomic E-state index is 0.253. The van der Waals surface area contributed by atoms with Crippen molar-refractivity contribution in [3.8, 4) is 0 Å². The van der Waals surface area contributed by atoms with Gasteiger partial charge in [-0.25, -0.2) is 0 Å². The molecule has 1 heterocycles. The van der Waals surface area contributed by atoms with Crippen molar-refractivity contribution in [3.05, 3.63) is 42.5 Å². The van der Waals surface area contributed by atoms with Crippen molar-refractivity contribution in [2.24, 2.45) is 0 Å². The smallest absolute Gasteiger partial charge is 0.0635 e. The van der Waals surface area contributed by atoms with Gasteiger partial charge >= 0.3 is 0 Å². The largest absolute Gasteiger partial charge is 0.394 e. The first-order valence-corrected chi connectivity index (χ1v) is 6.25. The van der Waals surface area contributed by atoms with Crippen molar-refractivity contribution in [2.45, 2.75) is 18.9 Å². The summed E-state index contributed by atoms with van der Waals surface area (Å²) in [6.45, 7) is 1.31. The lowest BCUT2D eigenvalue weighted by Gasteiger charge is -2.26. The van der Waals surface area contributed by atoms with Crippen LogP contribution >= 0.6 is 0 Å². The Kier molecular flexibility index (Phi) is 2.73. The first-order valence-electron chi connectivity index (χ1n) is 6.25. The minimum atomic E-state index is 0.253. The SMILES string of the molecule is OC[C@@H]1CCCN1c1cccc2ccccc12. The number of hydrogen-bond acceptors (Lipinski definition) is 2. The van der Waals surface area contributed by atoms with Crippen molar-refractivity contribution >= 4 is 16.5 Å². The Morgan fingerprint density at radius 3 is 2.82 bits per heavy atom. The summed E-state index contributed by atoms with van der Waals surface area (Å²) in [6.07, 6.45) is 2.27. The van der Waals surface area contributed by atoms with Crippen LogP contribution < -0.4 is 4.90 Å². The topological polar surface area (TPSA) is 23.5 Å². The van der Waals surface area contributed by atoms with Gasteiger partial charge in [-0.2, -0.15) is 0 Å². The third kappa shape index (κ3) is 1.79. The molecule has 0 bridgehead atoms. The molecule has 0 saturated carbocycles. The fourth-order valence-corrected chi connectivity index (χ4v) is 2.80. The monoisotopic (exact) mass is 227 g/mol. The molecule has 1 atom stereocenters. The van der Waals surface area contributed by atoms with E-state index >= 15 is 0 Å². The highest BCUT2D eigenvalue weighted by Gasteiger charge is 2.24. The van der Waals surface area contributed by atoms with Gasteiger partial charge in [0.15, 0.2) is 0 Å². The molecule has 0 amide bonds. The Morgan fingerprint density at radius 2 is 1.94 bits per heavy atom. The van der Waals surface area contributed by atoms with Gasteiger partial charge in [-0.15, -0.1) is 0 Å². The predicted molar refractivity (Wildman–Crippen MR) is 71.4 cm³/mol. The predicted octanol–water partition coefficient (Wildman–Crippen LogP) is 2.80. The second kappa shape index (κ2) is 4.38. The zero-order chi connectivity index (χ0) is 11.7. The lowest BCUT2D eigenvalue weighted by molar-refractivity contribution is 0.266. The summed E-state index contributed by atoms with van der Waals surface area (Å²) in [7, 11) is 0. The van der Waals surface area contributed by atoms with Gasteiger partial charge in [0.05, 0.1) is 12.6 Å². The van der Waals surface area contributed by atoms with Crippen molar-refractivity contribution in [1.82, 2.24) is 0 Å². The van der Waals surface area contributed by atoms with Crippen molar-refractivity contribution in [1.29, 1.82) is 0 Å². The Labute approximate surface area is 101 Å². The van der Waals surface area contributed by atoms with E-state index in [-0.39, 0.29) is 6.61 Å². The van der Waals surface area contributed by atoms with Crippen molar-refractivity contribution in [3.63, 3.8) is 0 Å². The van der Waals surface area contributed by atoms with Crippen LogP contribution in [0.4, 0.5) is 5.69 Å². The molecule has 1 saturated heterocycles. The molecule has 0 aliphatic carbocycles. The van der Waals surface area contributed by atoms with Crippen LogP contribution in [0.2, 0.25) is 0 Å². The van der Waals surface area contributed by atoms with Crippen LogP contribution in [-0.4, -0.2) is 24.3 Å². The summed E-state index contributed by atoms with van der Waals surface area (Å²) in [5.41, 5.74) is 1.26. The van der Waals surface area contributed by atoms with Crippen molar-refractivity contribution in [2.75, 3.05) is 18.1 Å². The van der Waals surface area contributed by atoms with Gasteiger partial charge in [0.2, 0.25) is 0 Å². The fourth-order valence-electron chi connectivity index (χ4n) is 2.80. The Balaban J connectivity index is 2.10. The van der Waals surface area contributed by atoms with E-state index in [9.17, 15) is 5.11 Å². The number of anilines is 1. The van der Waals surface area contributed by atoms with Crippen LogP contribution in [0.5, 0.6) is 0 Å². The molecule has 2 aromatic rings. The summed E-state index contributed by atoms with van der Waals surface area (Å²) in [4.78, 5) is 2.35. The third-order valence-electron chi connectivity index (χ3n) is 3.66. The normalized spacial score (nSPS) is 20.1. The van der Waals surface area contributed by atoms with Crippen LogP contribution in [0.15, 0.2) is 42.5 Å². The highest BCUT2D eigenvalue weighted by Crippen LogP contribution is 2.31. The minimum Gasteiger partial charge on any atom is -0.394 e. The first-order chi connectivity index (χ1) is 8.40. The molecule has 88 valence electrons. The number of aliphatic hydroxyl groups is 1. The Morgan fingerprint density at radius 1 is 1.12 bits per heavy atom. The highest BCUT2D eigenvalue weighted by molar-refractivity contribution is 5.94. The molecule has 2 nitrogen and oxygen atoms in total. The van der Waals surface area contributed by atoms with Crippen LogP contribution in [0, 0.1) is 0 Å². The average molecular weight is 227 g/mol. The van der Waals surface area contributed by atoms with Gasteiger partial charge in [-0.05, 0) is 24.3 Å². The molecule has 0 unspecified atom stereocenters. The van der Waals surface area contributed by atoms with Gasteiger partial charge in [0.25, 0.3) is 0 Å². The van der Waals surface area contributed by atoms with E-state index in [0.29, 0.717) is 6.04 Å². The first kappa shape index (κ1) is 10.6. The molecule has 17 heavy (non-hydrogen) atoms. The van der Waals surface area contributed by atoms with E-state index in [1.165, 1.54) is 22.9 Å². The van der Waals surface area contributed by atoms with E-state index in [1.54, 1.807) is 0 Å². The second-order valence-electron chi connectivity index (χ2n) is 4.67. The maximum absolute atomic E-state index is 9.43. The van der Waals surface area contributed by atoms with Gasteiger partial charge in [0, 0.05) is 17.6 Å². The maximum atomic E-state index is 9.43. The van der Waals surface area contributed by atoms with E-state index < -0.39 is 0 Å². The quantitative estimate of drug-likeness (QED) is 0.852. The average Bonchev–Trinajstić information content (AvgIpc) is 2.86. The van der Waals surface area contributed by atoms with Crippen molar-refractivity contribution < 1.29 is 5.11 Å². The van der Waals surface area contributed by atoms with E-state index in [4.69, 9.17) is 0 Å². The number of nitrogens with zero attached hydrogens (tertiary/aromatic N) is 1. The lowest BCUT2D eigenvalue weighted by Crippen LogP contribution is -2.32. The molecule has 0 radical (unpaired) electrons. The molecule has 2 heteroatoms. The zero-order valence-electron chi connectivity index (χ0n) is 9.84. The number of hydrogen-bond donors (Lipinski definition) is 1. The van der Waals surface area contributed by atoms with Gasteiger partial charge in [0.1, 0.15) is 0 Å². The molecule has 3 rings (SSSR count). The van der Waals surface area contributed by atoms with Crippen LogP contribution in [-0.2, 0) is 0 Å². The highest BCUT2D eigenvalue weighted by atomic mass is 16.3. The summed E-state index contributed by atoms with van der Waals surface area (Å²) in [5.74, 6) is 0. The molecule has 0 spiro atoms. The summed E-state index contributed by atoms with van der Waals surface area (Å²) >= 11 is 0. The summed E-state index contributed by atoms with van der Waals surface area (Å²) < 4.78 is 0. The van der Waals surface area contributed by atoms with E-state index in [2.05, 4.69) is 47.4 Å². The number of aliphatic hydroxyl groups excluding tert-OH is 1. The molecule has 1 aliphatic heterocycles. The maximum Gasteiger partial charge on any atom is 0.0635 e. The van der Waals surface area contributed by atoms with Gasteiger partial charge < -0.3 is 10.0 Å². The molecule has 1 N–H and O–H groups in total. The molecule has 0 aromatic heterocycles. The van der Waals surface area contributed by atoms with Gasteiger partial charge in [-0.3, -0.25) is 0 Å². The van der Waals surface area contributed by atoms with E-state index in [1.807, 2.05) is 0 Å². The Hall–Kier alpha value is -1.54. The molecule has 2 aromatic carbocycles. The summed E-state index contributed by atoms with van der Waals surface area (Å²) in [5, 5.41) is 12.0. The lowest BCUT2D eigenvalue weighted by atomic mass is 10.1.